The average molecular weight is 262 g/mol. The first-order chi connectivity index (χ1) is 9.24. The molecule has 1 aliphatic heterocycles. The Hall–Kier alpha value is -1.13. The van der Waals surface area contributed by atoms with Gasteiger partial charge in [-0.15, -0.1) is 0 Å². The molecule has 1 saturated heterocycles. The van der Waals surface area contributed by atoms with Gasteiger partial charge in [-0.05, 0) is 38.6 Å². The average Bonchev–Trinajstić information content (AvgIpc) is 2.47. The molecule has 106 valence electrons. The minimum absolute atomic E-state index is 0.660. The molecule has 0 amide bonds. The SMILES string of the molecule is CCN1CCC(N(C)c2ccnc(CNC)c2)CC1. The summed E-state index contributed by atoms with van der Waals surface area (Å²) in [5.41, 5.74) is 2.40. The molecular formula is C15H26N4. The molecular weight excluding hydrogens is 236 g/mol. The highest BCUT2D eigenvalue weighted by Crippen LogP contribution is 2.22. The molecule has 0 unspecified atom stereocenters. The van der Waals surface area contributed by atoms with Crippen molar-refractivity contribution < 1.29 is 0 Å². The first kappa shape index (κ1) is 14.3. The Balaban J connectivity index is 1.99. The number of nitrogens with zero attached hydrogens (tertiary/aromatic N) is 3. The summed E-state index contributed by atoms with van der Waals surface area (Å²) in [5, 5.41) is 3.16. The van der Waals surface area contributed by atoms with E-state index < -0.39 is 0 Å². The second-order valence-corrected chi connectivity index (χ2v) is 5.31. The topological polar surface area (TPSA) is 31.4 Å². The number of pyridine rings is 1. The van der Waals surface area contributed by atoms with Crippen LogP contribution in [0.1, 0.15) is 25.5 Å². The smallest absolute Gasteiger partial charge is 0.0562 e. The lowest BCUT2D eigenvalue weighted by molar-refractivity contribution is 0.221. The van der Waals surface area contributed by atoms with Gasteiger partial charge >= 0.3 is 0 Å². The lowest BCUT2D eigenvalue weighted by atomic mass is 10.0. The highest BCUT2D eigenvalue weighted by atomic mass is 15.2. The van der Waals surface area contributed by atoms with Crippen LogP contribution in [0.3, 0.4) is 0 Å². The summed E-state index contributed by atoms with van der Waals surface area (Å²) in [7, 11) is 4.17. The van der Waals surface area contributed by atoms with E-state index in [0.29, 0.717) is 6.04 Å². The number of piperidine rings is 1. The second kappa shape index (κ2) is 6.87. The fourth-order valence-electron chi connectivity index (χ4n) is 2.80. The molecule has 2 heterocycles. The molecule has 1 fully saturated rings. The first-order valence-electron chi connectivity index (χ1n) is 7.29. The quantitative estimate of drug-likeness (QED) is 0.875. The van der Waals surface area contributed by atoms with E-state index in [1.165, 1.54) is 38.2 Å². The lowest BCUT2D eigenvalue weighted by Gasteiger charge is -2.37. The molecule has 0 radical (unpaired) electrons. The number of hydrogen-bond donors (Lipinski definition) is 1. The van der Waals surface area contributed by atoms with Crippen molar-refractivity contribution in [2.75, 3.05) is 38.6 Å². The van der Waals surface area contributed by atoms with Gasteiger partial charge in [0.15, 0.2) is 0 Å². The Labute approximate surface area is 116 Å². The van der Waals surface area contributed by atoms with E-state index in [1.807, 2.05) is 13.2 Å². The summed E-state index contributed by atoms with van der Waals surface area (Å²) >= 11 is 0. The Kier molecular flexibility index (Phi) is 5.16. The van der Waals surface area contributed by atoms with Gasteiger partial charge in [0.2, 0.25) is 0 Å². The number of anilines is 1. The maximum absolute atomic E-state index is 4.38. The fourth-order valence-corrected chi connectivity index (χ4v) is 2.80. The van der Waals surface area contributed by atoms with Crippen molar-refractivity contribution in [1.82, 2.24) is 15.2 Å². The largest absolute Gasteiger partial charge is 0.371 e. The summed E-state index contributed by atoms with van der Waals surface area (Å²) in [4.78, 5) is 9.34. The van der Waals surface area contributed by atoms with Crippen LogP contribution in [-0.2, 0) is 6.54 Å². The van der Waals surface area contributed by atoms with Crippen molar-refractivity contribution in [3.8, 4) is 0 Å². The van der Waals surface area contributed by atoms with Gasteiger partial charge in [-0.2, -0.15) is 0 Å². The molecule has 0 aliphatic carbocycles. The molecule has 0 saturated carbocycles. The number of aromatic nitrogens is 1. The summed E-state index contributed by atoms with van der Waals surface area (Å²) in [6.45, 7) is 6.70. The monoisotopic (exact) mass is 262 g/mol. The zero-order valence-corrected chi connectivity index (χ0v) is 12.4. The summed E-state index contributed by atoms with van der Waals surface area (Å²) in [6.07, 6.45) is 4.43. The normalized spacial score (nSPS) is 17.6. The third-order valence-corrected chi connectivity index (χ3v) is 4.12. The molecule has 4 nitrogen and oxygen atoms in total. The van der Waals surface area contributed by atoms with E-state index in [-0.39, 0.29) is 0 Å². The zero-order chi connectivity index (χ0) is 13.7. The van der Waals surface area contributed by atoms with Crippen molar-refractivity contribution in [3.63, 3.8) is 0 Å². The Bertz CT molecular complexity index is 385. The van der Waals surface area contributed by atoms with E-state index in [0.717, 1.165) is 12.2 Å². The molecule has 1 N–H and O–H groups in total. The Morgan fingerprint density at radius 3 is 2.79 bits per heavy atom. The Morgan fingerprint density at radius 2 is 2.16 bits per heavy atom. The zero-order valence-electron chi connectivity index (χ0n) is 12.4. The van der Waals surface area contributed by atoms with Crippen LogP contribution in [0.5, 0.6) is 0 Å². The van der Waals surface area contributed by atoms with E-state index >= 15 is 0 Å². The van der Waals surface area contributed by atoms with Crippen LogP contribution in [0.15, 0.2) is 18.3 Å². The Morgan fingerprint density at radius 1 is 1.42 bits per heavy atom. The van der Waals surface area contributed by atoms with E-state index in [4.69, 9.17) is 0 Å². The van der Waals surface area contributed by atoms with Gasteiger partial charge < -0.3 is 15.1 Å². The van der Waals surface area contributed by atoms with Gasteiger partial charge in [0.1, 0.15) is 0 Å². The lowest BCUT2D eigenvalue weighted by Crippen LogP contribution is -2.43. The maximum Gasteiger partial charge on any atom is 0.0562 e. The molecule has 1 aromatic rings. The van der Waals surface area contributed by atoms with Crippen molar-refractivity contribution in [2.24, 2.45) is 0 Å². The van der Waals surface area contributed by atoms with Gasteiger partial charge in [-0.25, -0.2) is 0 Å². The van der Waals surface area contributed by atoms with Crippen LogP contribution in [-0.4, -0.2) is 49.7 Å². The van der Waals surface area contributed by atoms with Crippen molar-refractivity contribution >= 4 is 5.69 Å². The van der Waals surface area contributed by atoms with Crippen LogP contribution < -0.4 is 10.2 Å². The molecule has 1 aliphatic rings. The summed E-state index contributed by atoms with van der Waals surface area (Å²) in [6, 6.07) is 4.97. The third kappa shape index (κ3) is 3.67. The minimum atomic E-state index is 0.660. The number of rotatable bonds is 5. The fraction of sp³-hybridized carbons (Fsp3) is 0.667. The van der Waals surface area contributed by atoms with Gasteiger partial charge in [0, 0.05) is 44.6 Å². The van der Waals surface area contributed by atoms with Crippen LogP contribution in [0, 0.1) is 0 Å². The second-order valence-electron chi connectivity index (χ2n) is 5.31. The maximum atomic E-state index is 4.38. The molecule has 0 aromatic carbocycles. The van der Waals surface area contributed by atoms with E-state index in [9.17, 15) is 0 Å². The van der Waals surface area contributed by atoms with Crippen molar-refractivity contribution in [2.45, 2.75) is 32.4 Å². The van der Waals surface area contributed by atoms with Crippen LogP contribution in [0.25, 0.3) is 0 Å². The summed E-state index contributed by atoms with van der Waals surface area (Å²) in [5.74, 6) is 0. The van der Waals surface area contributed by atoms with Gasteiger partial charge in [-0.3, -0.25) is 4.98 Å². The van der Waals surface area contributed by atoms with E-state index in [2.05, 4.69) is 46.2 Å². The number of likely N-dealkylation sites (tertiary alicyclic amines) is 1. The van der Waals surface area contributed by atoms with Gasteiger partial charge in [0.05, 0.1) is 5.69 Å². The molecule has 0 spiro atoms. The molecule has 0 bridgehead atoms. The van der Waals surface area contributed by atoms with Gasteiger partial charge in [-0.1, -0.05) is 6.92 Å². The minimum Gasteiger partial charge on any atom is -0.371 e. The molecule has 0 atom stereocenters. The molecule has 4 heteroatoms. The van der Waals surface area contributed by atoms with Crippen LogP contribution in [0.4, 0.5) is 5.69 Å². The predicted molar refractivity (Wildman–Crippen MR) is 80.5 cm³/mol. The van der Waals surface area contributed by atoms with Crippen molar-refractivity contribution in [3.05, 3.63) is 24.0 Å². The molecule has 2 rings (SSSR count). The first-order valence-corrected chi connectivity index (χ1v) is 7.29. The summed E-state index contributed by atoms with van der Waals surface area (Å²) < 4.78 is 0. The van der Waals surface area contributed by atoms with Crippen LogP contribution in [0.2, 0.25) is 0 Å². The molecule has 19 heavy (non-hydrogen) atoms. The molecule has 1 aromatic heterocycles. The van der Waals surface area contributed by atoms with Crippen molar-refractivity contribution in [1.29, 1.82) is 0 Å². The predicted octanol–water partition coefficient (Wildman–Crippen LogP) is 1.72. The number of nitrogens with one attached hydrogen (secondary N) is 1. The standard InChI is InChI=1S/C15H26N4/c1-4-19-9-6-14(7-10-19)18(3)15-5-8-17-13(11-15)12-16-2/h5,8,11,14,16H,4,6-7,9-10,12H2,1-3H3. The highest BCUT2D eigenvalue weighted by Gasteiger charge is 2.21. The van der Waals surface area contributed by atoms with E-state index in [1.54, 1.807) is 0 Å². The highest BCUT2D eigenvalue weighted by molar-refractivity contribution is 5.46. The number of hydrogen-bond acceptors (Lipinski definition) is 4. The van der Waals surface area contributed by atoms with Gasteiger partial charge in [0.25, 0.3) is 0 Å². The third-order valence-electron chi connectivity index (χ3n) is 4.12. The van der Waals surface area contributed by atoms with Crippen LogP contribution >= 0.6 is 0 Å².